The largest absolute Gasteiger partial charge is 0.378 e. The van der Waals surface area contributed by atoms with Gasteiger partial charge < -0.3 is 19.9 Å². The third-order valence-electron chi connectivity index (χ3n) is 4.82. The van der Waals surface area contributed by atoms with Gasteiger partial charge in [0.25, 0.3) is 5.91 Å². The van der Waals surface area contributed by atoms with Crippen LogP contribution in [0.3, 0.4) is 0 Å². The molecule has 0 spiro atoms. The molecule has 0 aliphatic carbocycles. The van der Waals surface area contributed by atoms with Gasteiger partial charge in [-0.3, -0.25) is 4.79 Å². The number of hydrogen-bond acceptors (Lipinski definition) is 6. The average molecular weight is 353 g/mol. The summed E-state index contributed by atoms with van der Waals surface area (Å²) in [4.78, 5) is 25.4. The van der Waals surface area contributed by atoms with Crippen LogP contribution in [0.4, 0.5) is 17.2 Å². The van der Waals surface area contributed by atoms with Crippen LogP contribution in [0.2, 0.25) is 0 Å². The molecule has 3 heterocycles. The zero-order valence-corrected chi connectivity index (χ0v) is 14.7. The summed E-state index contributed by atoms with van der Waals surface area (Å²) in [6.45, 7) is 5.11. The van der Waals surface area contributed by atoms with Crippen LogP contribution in [-0.2, 0) is 4.74 Å². The van der Waals surface area contributed by atoms with E-state index in [9.17, 15) is 4.79 Å². The van der Waals surface area contributed by atoms with E-state index in [2.05, 4.69) is 37.2 Å². The highest BCUT2D eigenvalue weighted by atomic mass is 16.5. The summed E-state index contributed by atoms with van der Waals surface area (Å²) in [7, 11) is 0. The summed E-state index contributed by atoms with van der Waals surface area (Å²) in [5.41, 5.74) is 2.34. The smallest absolute Gasteiger partial charge is 0.274 e. The van der Waals surface area contributed by atoms with E-state index in [0.717, 1.165) is 37.7 Å². The second-order valence-electron chi connectivity index (χ2n) is 6.56. The van der Waals surface area contributed by atoms with E-state index in [1.54, 1.807) is 6.07 Å². The molecule has 4 rings (SSSR count). The number of ether oxygens (including phenoxy) is 1. The van der Waals surface area contributed by atoms with Crippen LogP contribution in [0.25, 0.3) is 0 Å². The number of carbonyl (C=O) groups excluding carboxylic acids is 1. The summed E-state index contributed by atoms with van der Waals surface area (Å²) in [6, 6.07) is 9.73. The van der Waals surface area contributed by atoms with E-state index in [0.29, 0.717) is 18.9 Å². The topological polar surface area (TPSA) is 70.6 Å². The maximum Gasteiger partial charge on any atom is 0.274 e. The number of anilines is 3. The average Bonchev–Trinajstić information content (AvgIpc) is 3.24. The Kier molecular flexibility index (Phi) is 4.97. The Morgan fingerprint density at radius 1 is 0.962 bits per heavy atom. The van der Waals surface area contributed by atoms with Gasteiger partial charge >= 0.3 is 0 Å². The molecule has 0 atom stereocenters. The first-order valence-electron chi connectivity index (χ1n) is 9.11. The summed E-state index contributed by atoms with van der Waals surface area (Å²) in [5.74, 6) is 0.536. The molecule has 1 aromatic heterocycles. The van der Waals surface area contributed by atoms with E-state index in [1.807, 2.05) is 12.1 Å². The minimum atomic E-state index is -0.226. The summed E-state index contributed by atoms with van der Waals surface area (Å²) in [5, 5.41) is 2.92. The number of hydrogen-bond donors (Lipinski definition) is 1. The van der Waals surface area contributed by atoms with E-state index in [-0.39, 0.29) is 5.91 Å². The van der Waals surface area contributed by atoms with Crippen molar-refractivity contribution in [2.24, 2.45) is 0 Å². The van der Waals surface area contributed by atoms with Gasteiger partial charge in [0.2, 0.25) is 0 Å². The molecule has 1 amide bonds. The van der Waals surface area contributed by atoms with Crippen molar-refractivity contribution >= 4 is 23.1 Å². The molecular formula is C19H23N5O2. The van der Waals surface area contributed by atoms with Crippen molar-refractivity contribution in [1.82, 2.24) is 9.97 Å². The molecule has 0 saturated carbocycles. The van der Waals surface area contributed by atoms with E-state index < -0.39 is 0 Å². The van der Waals surface area contributed by atoms with Crippen LogP contribution < -0.4 is 15.1 Å². The molecule has 0 radical (unpaired) electrons. The fourth-order valence-electron chi connectivity index (χ4n) is 3.36. The molecule has 2 fully saturated rings. The Morgan fingerprint density at radius 2 is 1.69 bits per heavy atom. The number of nitrogens with one attached hydrogen (secondary N) is 1. The number of aromatic nitrogens is 2. The van der Waals surface area contributed by atoms with Gasteiger partial charge in [-0.05, 0) is 37.1 Å². The van der Waals surface area contributed by atoms with Crippen LogP contribution in [-0.4, -0.2) is 55.3 Å². The van der Waals surface area contributed by atoms with Gasteiger partial charge in [0.1, 0.15) is 17.8 Å². The van der Waals surface area contributed by atoms with Crippen molar-refractivity contribution in [3.05, 3.63) is 42.4 Å². The fraction of sp³-hybridized carbons (Fsp3) is 0.421. The maximum atomic E-state index is 12.5. The zero-order chi connectivity index (χ0) is 17.8. The Bertz CT molecular complexity index is 753. The SMILES string of the molecule is O=C(Nc1ccc(N2CCCC2)cc1)c1cc(N2CCOCC2)ncn1. The standard InChI is InChI=1S/C19H23N5O2/c25-19(17-13-18(21-14-20-17)24-9-11-26-12-10-24)22-15-3-5-16(6-4-15)23-7-1-2-8-23/h3-6,13-14H,1-2,7-12H2,(H,22,25). The molecule has 7 heteroatoms. The van der Waals surface area contributed by atoms with E-state index in [1.165, 1.54) is 24.9 Å². The van der Waals surface area contributed by atoms with Crippen molar-refractivity contribution in [3.8, 4) is 0 Å². The third-order valence-corrected chi connectivity index (χ3v) is 4.82. The van der Waals surface area contributed by atoms with Crippen molar-refractivity contribution in [1.29, 1.82) is 0 Å². The van der Waals surface area contributed by atoms with Gasteiger partial charge in [-0.15, -0.1) is 0 Å². The van der Waals surface area contributed by atoms with Crippen LogP contribution in [0, 0.1) is 0 Å². The number of carbonyl (C=O) groups is 1. The molecule has 0 unspecified atom stereocenters. The van der Waals surface area contributed by atoms with E-state index >= 15 is 0 Å². The van der Waals surface area contributed by atoms with Gasteiger partial charge in [-0.1, -0.05) is 0 Å². The van der Waals surface area contributed by atoms with Crippen molar-refractivity contribution in [3.63, 3.8) is 0 Å². The van der Waals surface area contributed by atoms with Crippen molar-refractivity contribution in [2.75, 3.05) is 54.5 Å². The molecule has 1 N–H and O–H groups in total. The first-order valence-corrected chi connectivity index (χ1v) is 9.11. The fourth-order valence-corrected chi connectivity index (χ4v) is 3.36. The minimum absolute atomic E-state index is 0.226. The molecule has 7 nitrogen and oxygen atoms in total. The second kappa shape index (κ2) is 7.70. The highest BCUT2D eigenvalue weighted by Gasteiger charge is 2.16. The quantitative estimate of drug-likeness (QED) is 0.908. The third kappa shape index (κ3) is 3.77. The van der Waals surface area contributed by atoms with E-state index in [4.69, 9.17) is 4.74 Å². The molecule has 2 aliphatic heterocycles. The lowest BCUT2D eigenvalue weighted by atomic mass is 10.2. The first kappa shape index (κ1) is 16.8. The molecule has 26 heavy (non-hydrogen) atoms. The number of rotatable bonds is 4. The van der Waals surface area contributed by atoms with Crippen LogP contribution in [0.1, 0.15) is 23.3 Å². The lowest BCUT2D eigenvalue weighted by molar-refractivity contribution is 0.102. The molecule has 2 saturated heterocycles. The lowest BCUT2D eigenvalue weighted by Crippen LogP contribution is -2.37. The highest BCUT2D eigenvalue weighted by Crippen LogP contribution is 2.22. The molecule has 0 bridgehead atoms. The van der Waals surface area contributed by atoms with Crippen LogP contribution in [0.15, 0.2) is 36.7 Å². The Morgan fingerprint density at radius 3 is 2.42 bits per heavy atom. The summed E-state index contributed by atoms with van der Waals surface area (Å²) >= 11 is 0. The number of morpholine rings is 1. The van der Waals surface area contributed by atoms with Gasteiger partial charge in [0.05, 0.1) is 13.2 Å². The van der Waals surface area contributed by atoms with Crippen LogP contribution in [0.5, 0.6) is 0 Å². The Labute approximate surface area is 153 Å². The molecular weight excluding hydrogens is 330 g/mol. The highest BCUT2D eigenvalue weighted by molar-refractivity contribution is 6.03. The predicted molar refractivity (Wildman–Crippen MR) is 101 cm³/mol. The van der Waals surface area contributed by atoms with Gasteiger partial charge in [0.15, 0.2) is 0 Å². The number of amides is 1. The summed E-state index contributed by atoms with van der Waals surface area (Å²) in [6.07, 6.45) is 3.94. The Hall–Kier alpha value is -2.67. The zero-order valence-electron chi connectivity index (χ0n) is 14.7. The van der Waals surface area contributed by atoms with Crippen LogP contribution >= 0.6 is 0 Å². The van der Waals surface area contributed by atoms with Gasteiger partial charge in [0, 0.05) is 43.6 Å². The van der Waals surface area contributed by atoms with Crippen molar-refractivity contribution < 1.29 is 9.53 Å². The lowest BCUT2D eigenvalue weighted by Gasteiger charge is -2.27. The normalized spacial score (nSPS) is 17.4. The van der Waals surface area contributed by atoms with Crippen molar-refractivity contribution in [2.45, 2.75) is 12.8 Å². The Balaban J connectivity index is 1.42. The van der Waals surface area contributed by atoms with Gasteiger partial charge in [-0.2, -0.15) is 0 Å². The first-order chi connectivity index (χ1) is 12.8. The number of nitrogens with zero attached hydrogens (tertiary/aromatic N) is 4. The summed E-state index contributed by atoms with van der Waals surface area (Å²) < 4.78 is 5.36. The molecule has 2 aliphatic rings. The minimum Gasteiger partial charge on any atom is -0.378 e. The number of benzene rings is 1. The second-order valence-corrected chi connectivity index (χ2v) is 6.56. The molecule has 1 aromatic carbocycles. The van der Waals surface area contributed by atoms with Gasteiger partial charge in [-0.25, -0.2) is 9.97 Å². The maximum absolute atomic E-state index is 12.5. The monoisotopic (exact) mass is 353 g/mol. The molecule has 136 valence electrons. The molecule has 2 aromatic rings. The predicted octanol–water partition coefficient (Wildman–Crippen LogP) is 2.17.